The van der Waals surface area contributed by atoms with E-state index in [-0.39, 0.29) is 41.3 Å². The molecule has 2 aromatic carbocycles. The van der Waals surface area contributed by atoms with Crippen LogP contribution in [0.3, 0.4) is 0 Å². The van der Waals surface area contributed by atoms with Crippen LogP contribution in [0.4, 0.5) is 0 Å². The van der Waals surface area contributed by atoms with Crippen molar-refractivity contribution in [1.29, 1.82) is 0 Å². The lowest BCUT2D eigenvalue weighted by Gasteiger charge is -2.30. The molecule has 0 radical (unpaired) electrons. The highest BCUT2D eigenvalue weighted by molar-refractivity contribution is 6.40. The van der Waals surface area contributed by atoms with Gasteiger partial charge in [-0.3, -0.25) is 14.6 Å². The van der Waals surface area contributed by atoms with Gasteiger partial charge in [-0.15, -0.1) is 0 Å². The molecule has 12 heteroatoms. The number of aliphatic imine (C=N–C) groups is 1. The average Bonchev–Trinajstić information content (AvgIpc) is 3.33. The number of halogens is 2. The van der Waals surface area contributed by atoms with Crippen LogP contribution in [-0.4, -0.2) is 59.4 Å². The van der Waals surface area contributed by atoms with Crippen LogP contribution in [0.5, 0.6) is 0 Å². The number of nitrogens with one attached hydrogen (secondary N) is 2. The van der Waals surface area contributed by atoms with Gasteiger partial charge in [-0.2, -0.15) is 0 Å². The van der Waals surface area contributed by atoms with Crippen molar-refractivity contribution in [2.75, 3.05) is 19.8 Å². The standard InChI is InChI=1S/C25H25Cl2N5O5/c1-13(30-12-28)29-10-19(25(35)36)31-23(33)21-18(26)8-16-11-32(6-4-17(16)22(21)27)24(34)15-3-2-14-5-7-37-20(14)9-15/h2-3,5,7-9,19H,4,6,10-12,28H2,1H3,(H,29,30)(H,31,33)(H,35,36)/t19-/m0/s1. The first-order valence-corrected chi connectivity index (χ1v) is 12.2. The Morgan fingerprint density at radius 1 is 1.24 bits per heavy atom. The first-order chi connectivity index (χ1) is 17.7. The maximum absolute atomic E-state index is 13.1. The molecular formula is C25H25Cl2N5O5. The molecule has 37 heavy (non-hydrogen) atoms. The van der Waals surface area contributed by atoms with Gasteiger partial charge in [0.15, 0.2) is 0 Å². The Labute approximate surface area is 222 Å². The van der Waals surface area contributed by atoms with Crippen LogP contribution < -0.4 is 16.4 Å². The normalized spacial score (nSPS) is 14.3. The number of rotatable bonds is 7. The van der Waals surface area contributed by atoms with Crippen LogP contribution >= 0.6 is 23.2 Å². The number of carboxylic acids is 1. The summed E-state index contributed by atoms with van der Waals surface area (Å²) in [6.45, 7) is 2.20. The van der Waals surface area contributed by atoms with Gasteiger partial charge in [0.2, 0.25) is 0 Å². The smallest absolute Gasteiger partial charge is 0.328 e. The van der Waals surface area contributed by atoms with Crippen LogP contribution in [0.1, 0.15) is 38.8 Å². The Kier molecular flexibility index (Phi) is 8.01. The largest absolute Gasteiger partial charge is 0.480 e. The second kappa shape index (κ2) is 11.2. The Bertz CT molecular complexity index is 1400. The van der Waals surface area contributed by atoms with E-state index in [2.05, 4.69) is 15.6 Å². The number of carbonyl (C=O) groups is 3. The van der Waals surface area contributed by atoms with Gasteiger partial charge >= 0.3 is 5.97 Å². The van der Waals surface area contributed by atoms with E-state index in [0.717, 1.165) is 10.9 Å². The van der Waals surface area contributed by atoms with Gasteiger partial charge in [0.05, 0.1) is 34.4 Å². The predicted octanol–water partition coefficient (Wildman–Crippen LogP) is 3.05. The summed E-state index contributed by atoms with van der Waals surface area (Å²) >= 11 is 13.0. The Morgan fingerprint density at radius 3 is 2.76 bits per heavy atom. The molecule has 0 fully saturated rings. The van der Waals surface area contributed by atoms with E-state index >= 15 is 0 Å². The Hall–Kier alpha value is -3.60. The molecule has 10 nitrogen and oxygen atoms in total. The molecule has 4 rings (SSSR count). The molecule has 0 aliphatic carbocycles. The molecule has 0 spiro atoms. The third-order valence-corrected chi connectivity index (χ3v) is 6.83. The number of amidine groups is 1. The second-order valence-electron chi connectivity index (χ2n) is 8.51. The molecule has 0 saturated carbocycles. The summed E-state index contributed by atoms with van der Waals surface area (Å²) < 4.78 is 5.40. The van der Waals surface area contributed by atoms with Crippen molar-refractivity contribution in [2.45, 2.75) is 25.9 Å². The molecule has 194 valence electrons. The van der Waals surface area contributed by atoms with E-state index < -0.39 is 17.9 Å². The average molecular weight is 546 g/mol. The van der Waals surface area contributed by atoms with Crippen molar-refractivity contribution in [3.63, 3.8) is 0 Å². The molecule has 2 heterocycles. The number of carbonyl (C=O) groups excluding carboxylic acids is 2. The van der Waals surface area contributed by atoms with E-state index in [1.807, 2.05) is 12.1 Å². The van der Waals surface area contributed by atoms with Crippen LogP contribution in [0.2, 0.25) is 10.0 Å². The van der Waals surface area contributed by atoms with Gasteiger partial charge in [-0.25, -0.2) is 4.79 Å². The zero-order valence-corrected chi connectivity index (χ0v) is 21.4. The molecule has 2 amide bonds. The first-order valence-electron chi connectivity index (χ1n) is 11.4. The van der Waals surface area contributed by atoms with E-state index in [1.165, 1.54) is 0 Å². The summed E-state index contributed by atoms with van der Waals surface area (Å²) in [5.41, 5.74) is 7.87. The number of aliphatic carboxylic acids is 1. The highest BCUT2D eigenvalue weighted by atomic mass is 35.5. The van der Waals surface area contributed by atoms with Gasteiger partial charge in [0.1, 0.15) is 11.6 Å². The zero-order chi connectivity index (χ0) is 26.7. The minimum absolute atomic E-state index is 0.0104. The number of nitrogens with zero attached hydrogens (tertiary/aromatic N) is 2. The monoisotopic (exact) mass is 545 g/mol. The van der Waals surface area contributed by atoms with Crippen molar-refractivity contribution in [1.82, 2.24) is 15.5 Å². The summed E-state index contributed by atoms with van der Waals surface area (Å²) in [4.78, 5) is 43.4. The van der Waals surface area contributed by atoms with Crippen LogP contribution in [0.25, 0.3) is 11.0 Å². The number of hydrogen-bond acceptors (Lipinski definition) is 6. The zero-order valence-electron chi connectivity index (χ0n) is 19.9. The summed E-state index contributed by atoms with van der Waals surface area (Å²) in [6, 6.07) is 7.44. The van der Waals surface area contributed by atoms with E-state index in [1.54, 1.807) is 36.3 Å². The lowest BCUT2D eigenvalue weighted by atomic mass is 9.96. The third kappa shape index (κ3) is 5.71. The van der Waals surface area contributed by atoms with E-state index in [9.17, 15) is 19.5 Å². The van der Waals surface area contributed by atoms with Gasteiger partial charge in [0.25, 0.3) is 11.8 Å². The number of carboxylic acid groups (broad SMARTS) is 1. The molecular weight excluding hydrogens is 521 g/mol. The van der Waals surface area contributed by atoms with Crippen LogP contribution in [-0.2, 0) is 17.8 Å². The van der Waals surface area contributed by atoms with Gasteiger partial charge < -0.3 is 30.8 Å². The van der Waals surface area contributed by atoms with Crippen molar-refractivity contribution in [3.8, 4) is 0 Å². The summed E-state index contributed by atoms with van der Waals surface area (Å²) in [5, 5.41) is 15.9. The fraction of sp³-hybridized carbons (Fsp3) is 0.280. The topological polar surface area (TPSA) is 150 Å². The molecule has 5 N–H and O–H groups in total. The molecule has 1 aliphatic heterocycles. The molecule has 0 unspecified atom stereocenters. The van der Waals surface area contributed by atoms with Crippen LogP contribution in [0, 0.1) is 0 Å². The molecule has 3 aromatic rings. The SMILES string of the molecule is C/C(=N\CN)NC[C@H](NC(=O)c1c(Cl)cc2c(c1Cl)CCN(C(=O)c1ccc3ccoc3c1)C2)C(=O)O. The lowest BCUT2D eigenvalue weighted by molar-refractivity contribution is -0.139. The van der Waals surface area contributed by atoms with Crippen molar-refractivity contribution < 1.29 is 23.9 Å². The van der Waals surface area contributed by atoms with E-state index in [0.29, 0.717) is 35.5 Å². The number of nitrogens with two attached hydrogens (primary N) is 1. The third-order valence-electron chi connectivity index (χ3n) is 6.12. The van der Waals surface area contributed by atoms with Gasteiger partial charge in [-0.05, 0) is 48.7 Å². The summed E-state index contributed by atoms with van der Waals surface area (Å²) in [7, 11) is 0. The van der Waals surface area contributed by atoms with Gasteiger partial charge in [-0.1, -0.05) is 29.3 Å². The first kappa shape index (κ1) is 26.5. The van der Waals surface area contributed by atoms with Gasteiger partial charge in [0, 0.05) is 30.6 Å². The molecule has 0 saturated heterocycles. The molecule has 0 bridgehead atoms. The Balaban J connectivity index is 1.51. The number of fused-ring (bicyclic) bond motifs is 2. The van der Waals surface area contributed by atoms with Crippen molar-refractivity contribution in [2.24, 2.45) is 10.7 Å². The summed E-state index contributed by atoms with van der Waals surface area (Å²) in [6.07, 6.45) is 1.97. The quantitative estimate of drug-likeness (QED) is 0.263. The lowest BCUT2D eigenvalue weighted by Crippen LogP contribution is -2.48. The second-order valence-corrected chi connectivity index (χ2v) is 9.29. The maximum atomic E-state index is 13.1. The minimum atomic E-state index is -1.27. The highest BCUT2D eigenvalue weighted by Gasteiger charge is 2.29. The van der Waals surface area contributed by atoms with Crippen LogP contribution in [0.15, 0.2) is 46.0 Å². The minimum Gasteiger partial charge on any atom is -0.480 e. The van der Waals surface area contributed by atoms with Crippen molar-refractivity contribution >= 4 is 57.8 Å². The number of benzene rings is 2. The summed E-state index contributed by atoms with van der Waals surface area (Å²) in [5.74, 6) is -1.68. The Morgan fingerprint density at radius 2 is 2.03 bits per heavy atom. The number of hydrogen-bond donors (Lipinski definition) is 4. The number of amides is 2. The molecule has 1 atom stereocenters. The fourth-order valence-corrected chi connectivity index (χ4v) is 4.94. The fourth-order valence-electron chi connectivity index (χ4n) is 4.18. The molecule has 1 aliphatic rings. The molecule has 1 aromatic heterocycles. The maximum Gasteiger partial charge on any atom is 0.328 e. The number of furan rings is 1. The van der Waals surface area contributed by atoms with E-state index in [4.69, 9.17) is 33.4 Å². The van der Waals surface area contributed by atoms with Crippen molar-refractivity contribution in [3.05, 3.63) is 68.9 Å². The highest BCUT2D eigenvalue weighted by Crippen LogP contribution is 2.35. The predicted molar refractivity (Wildman–Crippen MR) is 140 cm³/mol.